The molecule has 0 spiro atoms. The van der Waals surface area contributed by atoms with Crippen molar-refractivity contribution < 1.29 is 19.1 Å². The molecule has 0 aromatic carbocycles. The zero-order valence-corrected chi connectivity index (χ0v) is 10.5. The zero-order valence-electron chi connectivity index (χ0n) is 10.5. The zero-order chi connectivity index (χ0) is 12.6. The van der Waals surface area contributed by atoms with Gasteiger partial charge in [0, 0.05) is 39.2 Å². The first-order valence-corrected chi connectivity index (χ1v) is 6.03. The largest absolute Gasteiger partial charge is 0.462 e. The van der Waals surface area contributed by atoms with Gasteiger partial charge in [-0.05, 0) is 7.05 Å². The van der Waals surface area contributed by atoms with E-state index in [9.17, 15) is 9.59 Å². The number of piperidine rings is 1. The van der Waals surface area contributed by atoms with Gasteiger partial charge in [0.2, 0.25) is 0 Å². The van der Waals surface area contributed by atoms with Gasteiger partial charge in [-0.1, -0.05) is 0 Å². The first-order valence-electron chi connectivity index (χ1n) is 6.03. The highest BCUT2D eigenvalue weighted by atomic mass is 16.6. The SMILES string of the molecule is CC(=O)O[C@H]1C[C@H]2C[C@H](OC(C)=O)[C@@H](C1)N2C. The number of likely N-dealkylation sites (N-methyl/N-ethyl adjacent to an activating group) is 1. The normalized spacial score (nSPS) is 36.6. The van der Waals surface area contributed by atoms with Crippen LogP contribution in [0.2, 0.25) is 0 Å². The third-order valence-corrected chi connectivity index (χ3v) is 3.72. The van der Waals surface area contributed by atoms with Gasteiger partial charge < -0.3 is 9.47 Å². The Morgan fingerprint density at radius 2 is 1.71 bits per heavy atom. The molecule has 0 aliphatic carbocycles. The summed E-state index contributed by atoms with van der Waals surface area (Å²) in [5.41, 5.74) is 0. The van der Waals surface area contributed by atoms with Crippen LogP contribution in [0.25, 0.3) is 0 Å². The van der Waals surface area contributed by atoms with E-state index >= 15 is 0 Å². The maximum absolute atomic E-state index is 11.0. The van der Waals surface area contributed by atoms with E-state index in [0.29, 0.717) is 6.04 Å². The Hall–Kier alpha value is -1.10. The Morgan fingerprint density at radius 1 is 1.06 bits per heavy atom. The van der Waals surface area contributed by atoms with Gasteiger partial charge in [-0.2, -0.15) is 0 Å². The van der Waals surface area contributed by atoms with Crippen molar-refractivity contribution in [1.82, 2.24) is 4.90 Å². The summed E-state index contributed by atoms with van der Waals surface area (Å²) >= 11 is 0. The number of fused-ring (bicyclic) bond motifs is 2. The summed E-state index contributed by atoms with van der Waals surface area (Å²) in [6, 6.07) is 0.532. The maximum Gasteiger partial charge on any atom is 0.302 e. The van der Waals surface area contributed by atoms with E-state index in [1.165, 1.54) is 13.8 Å². The molecular formula is C12H19NO4. The molecular weight excluding hydrogens is 222 g/mol. The van der Waals surface area contributed by atoms with E-state index < -0.39 is 0 Å². The highest BCUT2D eigenvalue weighted by molar-refractivity contribution is 5.66. The summed E-state index contributed by atoms with van der Waals surface area (Å²) < 4.78 is 10.6. The van der Waals surface area contributed by atoms with Crippen molar-refractivity contribution in [3.63, 3.8) is 0 Å². The first-order chi connectivity index (χ1) is 7.97. The van der Waals surface area contributed by atoms with Gasteiger partial charge in [-0.25, -0.2) is 0 Å². The number of hydrogen-bond donors (Lipinski definition) is 0. The molecule has 2 aliphatic rings. The lowest BCUT2D eigenvalue weighted by Gasteiger charge is -2.36. The lowest BCUT2D eigenvalue weighted by atomic mass is 10.0. The van der Waals surface area contributed by atoms with Crippen LogP contribution in [-0.2, 0) is 19.1 Å². The fourth-order valence-electron chi connectivity index (χ4n) is 3.04. The second-order valence-corrected chi connectivity index (χ2v) is 4.97. The highest BCUT2D eigenvalue weighted by Gasteiger charge is 2.47. The van der Waals surface area contributed by atoms with Crippen LogP contribution in [0.4, 0.5) is 0 Å². The topological polar surface area (TPSA) is 55.8 Å². The average molecular weight is 241 g/mol. The van der Waals surface area contributed by atoms with E-state index in [1.807, 2.05) is 7.05 Å². The maximum atomic E-state index is 11.0. The molecule has 2 heterocycles. The van der Waals surface area contributed by atoms with Crippen molar-refractivity contribution in [3.8, 4) is 0 Å². The number of rotatable bonds is 2. The molecule has 17 heavy (non-hydrogen) atoms. The summed E-state index contributed by atoms with van der Waals surface area (Å²) in [7, 11) is 2.04. The second kappa shape index (κ2) is 4.64. The number of carbonyl (C=O) groups excluding carboxylic acids is 2. The van der Waals surface area contributed by atoms with E-state index in [1.54, 1.807) is 0 Å². The minimum Gasteiger partial charge on any atom is -0.462 e. The summed E-state index contributed by atoms with van der Waals surface area (Å²) in [4.78, 5) is 24.2. The van der Waals surface area contributed by atoms with Gasteiger partial charge in [0.05, 0.1) is 6.04 Å². The van der Waals surface area contributed by atoms with E-state index in [-0.39, 0.29) is 30.2 Å². The smallest absolute Gasteiger partial charge is 0.302 e. The third-order valence-electron chi connectivity index (χ3n) is 3.72. The fourth-order valence-corrected chi connectivity index (χ4v) is 3.04. The van der Waals surface area contributed by atoms with E-state index in [4.69, 9.17) is 9.47 Å². The molecule has 2 rings (SSSR count). The Kier molecular flexibility index (Phi) is 3.38. The van der Waals surface area contributed by atoms with Crippen molar-refractivity contribution in [3.05, 3.63) is 0 Å². The van der Waals surface area contributed by atoms with Gasteiger partial charge >= 0.3 is 11.9 Å². The molecule has 2 saturated heterocycles. The van der Waals surface area contributed by atoms with Crippen LogP contribution in [-0.4, -0.2) is 48.2 Å². The fraction of sp³-hybridized carbons (Fsp3) is 0.833. The summed E-state index contributed by atoms with van der Waals surface area (Å²) in [6.07, 6.45) is 2.36. The molecule has 0 radical (unpaired) electrons. The second-order valence-electron chi connectivity index (χ2n) is 4.97. The van der Waals surface area contributed by atoms with Crippen LogP contribution in [0, 0.1) is 0 Å². The molecule has 2 bridgehead atoms. The predicted molar refractivity (Wildman–Crippen MR) is 60.3 cm³/mol. The van der Waals surface area contributed by atoms with Crippen LogP contribution in [0.3, 0.4) is 0 Å². The first kappa shape index (κ1) is 12.4. The van der Waals surface area contributed by atoms with Crippen LogP contribution in [0.5, 0.6) is 0 Å². The molecule has 0 aromatic rings. The Morgan fingerprint density at radius 3 is 2.29 bits per heavy atom. The van der Waals surface area contributed by atoms with Gasteiger partial charge in [0.15, 0.2) is 0 Å². The summed E-state index contributed by atoms with van der Waals surface area (Å²) in [5.74, 6) is -0.469. The van der Waals surface area contributed by atoms with Crippen LogP contribution < -0.4 is 0 Å². The van der Waals surface area contributed by atoms with Crippen molar-refractivity contribution >= 4 is 11.9 Å². The minimum atomic E-state index is -0.236. The van der Waals surface area contributed by atoms with Crippen LogP contribution in [0.15, 0.2) is 0 Å². The lowest BCUT2D eigenvalue weighted by Crippen LogP contribution is -2.45. The summed E-state index contributed by atoms with van der Waals surface area (Å²) in [6.45, 7) is 2.87. The third kappa shape index (κ3) is 2.60. The van der Waals surface area contributed by atoms with Gasteiger partial charge in [-0.15, -0.1) is 0 Å². The standard InChI is InChI=1S/C12H19NO4/c1-7(14)16-10-4-9-5-12(17-8(2)15)11(6-10)13(9)3/h9-12H,4-6H2,1-3H3/t9-,10-,11+,12-/m0/s1. The molecule has 0 unspecified atom stereocenters. The Labute approximate surface area is 101 Å². The van der Waals surface area contributed by atoms with E-state index in [2.05, 4.69) is 4.90 Å². The molecule has 0 amide bonds. The average Bonchev–Trinajstić information content (AvgIpc) is 2.40. The molecule has 96 valence electrons. The number of ether oxygens (including phenoxy) is 2. The minimum absolute atomic E-state index is 0.0285. The number of esters is 2. The van der Waals surface area contributed by atoms with Crippen molar-refractivity contribution in [2.24, 2.45) is 0 Å². The molecule has 2 aliphatic heterocycles. The number of hydrogen-bond acceptors (Lipinski definition) is 5. The molecule has 0 N–H and O–H groups in total. The highest BCUT2D eigenvalue weighted by Crippen LogP contribution is 2.37. The van der Waals surface area contributed by atoms with Gasteiger partial charge in [-0.3, -0.25) is 14.5 Å². The summed E-state index contributed by atoms with van der Waals surface area (Å²) in [5, 5.41) is 0. The Bertz CT molecular complexity index is 328. The number of nitrogens with zero attached hydrogens (tertiary/aromatic N) is 1. The van der Waals surface area contributed by atoms with Crippen molar-refractivity contribution in [2.45, 2.75) is 57.4 Å². The molecule has 2 fully saturated rings. The van der Waals surface area contributed by atoms with Gasteiger partial charge in [0.25, 0.3) is 0 Å². The van der Waals surface area contributed by atoms with E-state index in [0.717, 1.165) is 19.3 Å². The monoisotopic (exact) mass is 241 g/mol. The molecule has 4 atom stereocenters. The molecule has 5 nitrogen and oxygen atoms in total. The quantitative estimate of drug-likeness (QED) is 0.667. The van der Waals surface area contributed by atoms with Gasteiger partial charge in [0.1, 0.15) is 12.2 Å². The van der Waals surface area contributed by atoms with Crippen LogP contribution >= 0.6 is 0 Å². The molecule has 0 saturated carbocycles. The lowest BCUT2D eigenvalue weighted by molar-refractivity contribution is -0.153. The predicted octanol–water partition coefficient (Wildman–Crippen LogP) is 0.716. The molecule has 0 aromatic heterocycles. The number of carbonyl (C=O) groups is 2. The molecule has 5 heteroatoms. The van der Waals surface area contributed by atoms with Crippen molar-refractivity contribution in [1.29, 1.82) is 0 Å². The van der Waals surface area contributed by atoms with Crippen molar-refractivity contribution in [2.75, 3.05) is 7.05 Å². The van der Waals surface area contributed by atoms with Crippen LogP contribution in [0.1, 0.15) is 33.1 Å². The Balaban J connectivity index is 2.01.